The zero-order chi connectivity index (χ0) is 15.3. The predicted octanol–water partition coefficient (Wildman–Crippen LogP) is -2.85. The monoisotopic (exact) mass is 333 g/mol. The van der Waals surface area contributed by atoms with Crippen LogP contribution in [-0.4, -0.2) is 65.2 Å². The van der Waals surface area contributed by atoms with Gasteiger partial charge in [0.15, 0.2) is 22.2 Å². The number of nitrogens with two attached hydrogens (primary N) is 1. The van der Waals surface area contributed by atoms with E-state index in [-0.39, 0.29) is 27.4 Å². The second-order valence-electron chi connectivity index (χ2n) is 4.68. The van der Waals surface area contributed by atoms with Gasteiger partial charge in [-0.1, -0.05) is 0 Å². The van der Waals surface area contributed by atoms with Crippen LogP contribution in [-0.2, 0) is 4.74 Å². The van der Waals surface area contributed by atoms with Crippen molar-refractivity contribution in [2.45, 2.75) is 24.5 Å². The van der Waals surface area contributed by atoms with E-state index in [1.807, 2.05) is 0 Å². The number of H-pyrrole nitrogens is 2. The molecule has 4 atom stereocenters. The van der Waals surface area contributed by atoms with Crippen LogP contribution in [0.1, 0.15) is 6.23 Å². The van der Waals surface area contributed by atoms with Crippen molar-refractivity contribution >= 4 is 29.3 Å². The molecule has 0 bridgehead atoms. The smallest absolute Gasteiger partial charge is 0.278 e. The molecule has 0 aromatic carbocycles. The number of aromatic nitrogens is 4. The molecule has 122 valence electrons. The molecule has 3 rings (SSSR count). The summed E-state index contributed by atoms with van der Waals surface area (Å²) in [5.74, 6) is -0.123. The summed E-state index contributed by atoms with van der Waals surface area (Å²) in [6.07, 6.45) is -4.68. The zero-order valence-corrected chi connectivity index (χ0v) is 11.9. The van der Waals surface area contributed by atoms with Gasteiger partial charge in [0.1, 0.15) is 18.3 Å². The molecule has 3 heterocycles. The third-order valence-corrected chi connectivity index (χ3v) is 3.67. The summed E-state index contributed by atoms with van der Waals surface area (Å²) >= 11 is 5.10. The van der Waals surface area contributed by atoms with E-state index < -0.39 is 36.7 Å². The van der Waals surface area contributed by atoms with Gasteiger partial charge >= 0.3 is 0 Å². The average Bonchev–Trinajstić information content (AvgIpc) is 2.89. The molecule has 1 saturated heterocycles. The molecule has 4 unspecified atom stereocenters. The van der Waals surface area contributed by atoms with E-state index >= 15 is 0 Å². The van der Waals surface area contributed by atoms with Gasteiger partial charge < -0.3 is 36.3 Å². The zero-order valence-electron chi connectivity index (χ0n) is 11.1. The van der Waals surface area contributed by atoms with Gasteiger partial charge in [0.05, 0.1) is 6.61 Å². The van der Waals surface area contributed by atoms with Crippen molar-refractivity contribution in [3.05, 3.63) is 15.1 Å². The largest absolute Gasteiger partial charge is 0.412 e. The number of nitrogen functional groups attached to an aromatic ring is 1. The first-order valence-corrected chi connectivity index (χ1v) is 6.47. The molecule has 2 aromatic heterocycles. The molecule has 0 amide bonds. The number of nitrogens with one attached hydrogen (secondary N) is 2. The van der Waals surface area contributed by atoms with E-state index in [1.54, 1.807) is 0 Å². The first-order valence-electron chi connectivity index (χ1n) is 6.06. The molecule has 1 aliphatic rings. The highest BCUT2D eigenvalue weighted by Gasteiger charge is 2.44. The van der Waals surface area contributed by atoms with Crippen LogP contribution in [0.5, 0.6) is 0 Å². The quantitative estimate of drug-likeness (QED) is 0.316. The van der Waals surface area contributed by atoms with Crippen molar-refractivity contribution in [2.24, 2.45) is 0 Å². The van der Waals surface area contributed by atoms with E-state index in [9.17, 15) is 15.0 Å². The van der Waals surface area contributed by atoms with Gasteiger partial charge in [-0.2, -0.15) is 4.98 Å². The fourth-order valence-electron chi connectivity index (χ4n) is 2.36. The Morgan fingerprint density at radius 3 is 2.64 bits per heavy atom. The van der Waals surface area contributed by atoms with Crippen LogP contribution in [0.2, 0.25) is 0 Å². The Balaban J connectivity index is 0.00000176. The molecule has 0 radical (unpaired) electrons. The number of nitrogens with zero attached hydrogens (tertiary/aromatic N) is 2. The summed E-state index contributed by atoms with van der Waals surface area (Å²) in [5.41, 5.74) is 5.15. The molecular formula is C10H15N5O6S. The van der Waals surface area contributed by atoms with Gasteiger partial charge in [-0.15, -0.1) is 0 Å². The molecule has 22 heavy (non-hydrogen) atoms. The lowest BCUT2D eigenvalue weighted by Gasteiger charge is -2.16. The van der Waals surface area contributed by atoms with Gasteiger partial charge in [0, 0.05) is 0 Å². The molecule has 12 heteroatoms. The van der Waals surface area contributed by atoms with Gasteiger partial charge in [-0.3, -0.25) is 14.3 Å². The molecule has 11 nitrogen and oxygen atoms in total. The van der Waals surface area contributed by atoms with Crippen molar-refractivity contribution in [1.29, 1.82) is 0 Å². The van der Waals surface area contributed by atoms with Crippen LogP contribution >= 0.6 is 12.2 Å². The Kier molecular flexibility index (Phi) is 4.32. The van der Waals surface area contributed by atoms with Gasteiger partial charge in [0.2, 0.25) is 5.95 Å². The Hall–Kier alpha value is -1.83. The molecule has 1 fully saturated rings. The van der Waals surface area contributed by atoms with Crippen molar-refractivity contribution < 1.29 is 25.5 Å². The standard InChI is InChI=1S/C10H13N5O5S.H2O/c11-9-13-6-3(7(19)14-9)12-10(21)15(6)8-5(18)4(17)2(1-16)20-8;/h2,4-5,8,16-18H,1H2,(H,12,21)(H3,11,13,14,19);1H2. The predicted molar refractivity (Wildman–Crippen MR) is 76.6 cm³/mol. The van der Waals surface area contributed by atoms with E-state index in [0.717, 1.165) is 0 Å². The number of hydrogen-bond donors (Lipinski definition) is 6. The van der Waals surface area contributed by atoms with Crippen molar-refractivity contribution in [3.8, 4) is 0 Å². The molecule has 0 saturated carbocycles. The van der Waals surface area contributed by atoms with Crippen LogP contribution in [0.4, 0.5) is 5.95 Å². The maximum Gasteiger partial charge on any atom is 0.278 e. The van der Waals surface area contributed by atoms with E-state index in [2.05, 4.69) is 15.0 Å². The summed E-state index contributed by atoms with van der Waals surface area (Å²) in [7, 11) is 0. The fraction of sp³-hybridized carbons (Fsp3) is 0.500. The maximum absolute atomic E-state index is 11.8. The molecular weight excluding hydrogens is 318 g/mol. The number of fused-ring (bicyclic) bond motifs is 1. The number of ether oxygens (including phenoxy) is 1. The lowest BCUT2D eigenvalue weighted by molar-refractivity contribution is -0.0516. The number of aliphatic hydroxyl groups is 3. The topological polar surface area (TPSA) is 194 Å². The fourth-order valence-corrected chi connectivity index (χ4v) is 2.65. The van der Waals surface area contributed by atoms with Crippen LogP contribution in [0.3, 0.4) is 0 Å². The number of hydrogen-bond acceptors (Lipinski definition) is 8. The third-order valence-electron chi connectivity index (χ3n) is 3.37. The molecule has 0 aliphatic carbocycles. The first-order chi connectivity index (χ1) is 9.93. The molecule has 1 aliphatic heterocycles. The van der Waals surface area contributed by atoms with Crippen LogP contribution < -0.4 is 11.3 Å². The van der Waals surface area contributed by atoms with E-state index in [1.165, 1.54) is 4.57 Å². The van der Waals surface area contributed by atoms with Gasteiger partial charge in [0.25, 0.3) is 5.56 Å². The number of aliphatic hydroxyl groups excluding tert-OH is 3. The lowest BCUT2D eigenvalue weighted by atomic mass is 10.1. The second-order valence-corrected chi connectivity index (χ2v) is 5.07. The number of rotatable bonds is 2. The summed E-state index contributed by atoms with van der Waals surface area (Å²) in [4.78, 5) is 20.7. The summed E-state index contributed by atoms with van der Waals surface area (Å²) in [6.45, 7) is -0.472. The Labute approximate surface area is 127 Å². The normalized spacial score (nSPS) is 28.0. The van der Waals surface area contributed by atoms with E-state index in [4.69, 9.17) is 27.8 Å². The molecule has 0 spiro atoms. The molecule has 2 aromatic rings. The highest BCUT2D eigenvalue weighted by Crippen LogP contribution is 2.31. The van der Waals surface area contributed by atoms with Crippen molar-refractivity contribution in [1.82, 2.24) is 19.5 Å². The number of anilines is 1. The minimum absolute atomic E-state index is 0. The SMILES string of the molecule is Nc1nc2c([nH]c(=S)n2C2OC(CO)C(O)C2O)c(=O)[nH]1.O. The maximum atomic E-state index is 11.8. The number of imidazole rings is 1. The minimum Gasteiger partial charge on any atom is -0.412 e. The minimum atomic E-state index is -1.34. The van der Waals surface area contributed by atoms with Crippen LogP contribution in [0, 0.1) is 4.77 Å². The lowest BCUT2D eigenvalue weighted by Crippen LogP contribution is -2.33. The highest BCUT2D eigenvalue weighted by atomic mass is 32.1. The van der Waals surface area contributed by atoms with Crippen molar-refractivity contribution in [3.63, 3.8) is 0 Å². The first kappa shape index (κ1) is 16.5. The van der Waals surface area contributed by atoms with Crippen LogP contribution in [0.15, 0.2) is 4.79 Å². The van der Waals surface area contributed by atoms with Crippen molar-refractivity contribution in [2.75, 3.05) is 12.3 Å². The Morgan fingerprint density at radius 2 is 2.05 bits per heavy atom. The molecule has 9 N–H and O–H groups in total. The third kappa shape index (κ3) is 2.31. The summed E-state index contributed by atoms with van der Waals surface area (Å²) < 4.78 is 6.70. The van der Waals surface area contributed by atoms with Gasteiger partial charge in [-0.25, -0.2) is 0 Å². The van der Waals surface area contributed by atoms with Gasteiger partial charge in [-0.05, 0) is 12.2 Å². The number of aromatic amines is 2. The Bertz CT molecular complexity index is 799. The highest BCUT2D eigenvalue weighted by molar-refractivity contribution is 7.71. The van der Waals surface area contributed by atoms with Crippen LogP contribution in [0.25, 0.3) is 11.2 Å². The summed E-state index contributed by atoms with van der Waals surface area (Å²) in [5, 5.41) is 28.9. The summed E-state index contributed by atoms with van der Waals surface area (Å²) in [6, 6.07) is 0. The Morgan fingerprint density at radius 1 is 1.36 bits per heavy atom. The average molecular weight is 333 g/mol. The van der Waals surface area contributed by atoms with E-state index in [0.29, 0.717) is 0 Å². The second kappa shape index (κ2) is 5.75.